The molecular weight excluding hydrogens is 145 g/mol. The number of hydrogen-bond donors (Lipinski definition) is 1. The van der Waals surface area contributed by atoms with E-state index in [1.807, 2.05) is 0 Å². The van der Waals surface area contributed by atoms with Crippen LogP contribution in [-0.2, 0) is 0 Å². The van der Waals surface area contributed by atoms with E-state index < -0.39 is 5.51 Å². The van der Waals surface area contributed by atoms with Crippen LogP contribution in [0.25, 0.3) is 0 Å². The summed E-state index contributed by atoms with van der Waals surface area (Å²) in [5.74, 6) is 0. The Morgan fingerprint density at radius 1 is 1.43 bits per heavy atom. The molecule has 0 nitrogen and oxygen atoms in total. The number of thioether (sulfide) groups is 1. The molecule has 0 aromatic rings. The van der Waals surface area contributed by atoms with Crippen LogP contribution in [0.4, 0.5) is 13.2 Å². The number of rotatable bonds is 1. The van der Waals surface area contributed by atoms with E-state index in [0.717, 1.165) is 0 Å². The van der Waals surface area contributed by atoms with E-state index in [0.29, 0.717) is 0 Å². The lowest BCUT2D eigenvalue weighted by Crippen LogP contribution is -1.98. The molecule has 0 amide bonds. The van der Waals surface area contributed by atoms with Crippen LogP contribution in [0.1, 0.15) is 0 Å². The van der Waals surface area contributed by atoms with Gasteiger partial charge in [0.1, 0.15) is 0 Å². The number of alkyl halides is 3. The summed E-state index contributed by atoms with van der Waals surface area (Å²) in [5.41, 5.74) is -4.11. The van der Waals surface area contributed by atoms with Crippen LogP contribution in [0.2, 0.25) is 0 Å². The summed E-state index contributed by atoms with van der Waals surface area (Å²) in [5, 5.41) is -0.205. The van der Waals surface area contributed by atoms with Crippen LogP contribution >= 0.6 is 24.4 Å². The topological polar surface area (TPSA) is 0 Å². The van der Waals surface area contributed by atoms with Gasteiger partial charge >= 0.3 is 5.51 Å². The number of halogens is 3. The first-order valence-corrected chi connectivity index (χ1v) is 2.99. The molecule has 0 fully saturated rings. The summed E-state index contributed by atoms with van der Waals surface area (Å²) < 4.78 is 32.9. The molecule has 0 heterocycles. The normalized spacial score (nSPS) is 12.0. The maximum atomic E-state index is 11.0. The fourth-order valence-corrected chi connectivity index (χ4v) is 0.659. The minimum atomic E-state index is -4.11. The van der Waals surface area contributed by atoms with Gasteiger partial charge in [0.25, 0.3) is 0 Å². The average molecular weight is 148 g/mol. The Bertz CT molecular complexity index is 49.4. The van der Waals surface area contributed by atoms with Crippen molar-refractivity contribution in [3.8, 4) is 0 Å². The Labute approximate surface area is 48.9 Å². The van der Waals surface area contributed by atoms with E-state index >= 15 is 0 Å². The first-order valence-electron chi connectivity index (χ1n) is 1.38. The summed E-state index contributed by atoms with van der Waals surface area (Å²) >= 11 is 3.21. The maximum Gasteiger partial charge on any atom is 0.442 e. The molecule has 7 heavy (non-hydrogen) atoms. The predicted octanol–water partition coefficient (Wildman–Crippen LogP) is 2.13. The molecule has 0 N–H and O–H groups in total. The van der Waals surface area contributed by atoms with E-state index in [2.05, 4.69) is 12.6 Å². The average Bonchev–Trinajstić information content (AvgIpc) is 1.30. The summed E-state index contributed by atoms with van der Waals surface area (Å²) in [6.07, 6.45) is 0. The molecular formula is C2H3F3S2. The van der Waals surface area contributed by atoms with Gasteiger partial charge in [-0.3, -0.25) is 0 Å². The lowest BCUT2D eigenvalue weighted by Gasteiger charge is -1.99. The second kappa shape index (κ2) is 2.71. The van der Waals surface area contributed by atoms with Crippen molar-refractivity contribution >= 4 is 24.4 Å². The number of hydrogen-bond acceptors (Lipinski definition) is 2. The van der Waals surface area contributed by atoms with Gasteiger partial charge in [-0.05, 0) is 11.8 Å². The zero-order valence-corrected chi connectivity index (χ0v) is 4.91. The van der Waals surface area contributed by atoms with Crippen LogP contribution in [0, 0.1) is 0 Å². The number of thiol groups is 1. The van der Waals surface area contributed by atoms with Gasteiger partial charge in [0, 0.05) is 5.08 Å². The van der Waals surface area contributed by atoms with E-state index in [4.69, 9.17) is 0 Å². The lowest BCUT2D eigenvalue weighted by molar-refractivity contribution is -0.0324. The van der Waals surface area contributed by atoms with Crippen molar-refractivity contribution in [3.05, 3.63) is 0 Å². The molecule has 0 aliphatic heterocycles. The van der Waals surface area contributed by atoms with E-state index in [-0.39, 0.29) is 16.8 Å². The largest absolute Gasteiger partial charge is 0.442 e. The molecule has 0 radical (unpaired) electrons. The van der Waals surface area contributed by atoms with Crippen molar-refractivity contribution in [2.75, 3.05) is 5.08 Å². The van der Waals surface area contributed by atoms with E-state index in [1.54, 1.807) is 0 Å². The molecule has 0 bridgehead atoms. The van der Waals surface area contributed by atoms with E-state index in [1.165, 1.54) is 0 Å². The molecule has 0 atom stereocenters. The highest BCUT2D eigenvalue weighted by Crippen LogP contribution is 2.30. The van der Waals surface area contributed by atoms with Crippen molar-refractivity contribution in [1.82, 2.24) is 0 Å². The van der Waals surface area contributed by atoms with Crippen molar-refractivity contribution in [2.45, 2.75) is 5.51 Å². The van der Waals surface area contributed by atoms with Crippen LogP contribution in [0.5, 0.6) is 0 Å². The molecule has 0 saturated carbocycles. The van der Waals surface area contributed by atoms with Gasteiger partial charge in [0.05, 0.1) is 0 Å². The maximum absolute atomic E-state index is 11.0. The summed E-state index contributed by atoms with van der Waals surface area (Å²) in [4.78, 5) is 0. The Morgan fingerprint density at radius 3 is 1.86 bits per heavy atom. The van der Waals surface area contributed by atoms with Gasteiger partial charge in [0.2, 0.25) is 0 Å². The van der Waals surface area contributed by atoms with Crippen molar-refractivity contribution in [1.29, 1.82) is 0 Å². The molecule has 44 valence electrons. The molecule has 0 rings (SSSR count). The van der Waals surface area contributed by atoms with Crippen molar-refractivity contribution < 1.29 is 13.2 Å². The Hall–Kier alpha value is 0.490. The van der Waals surface area contributed by atoms with Crippen LogP contribution < -0.4 is 0 Å². The lowest BCUT2D eigenvalue weighted by atomic mass is 11.6. The van der Waals surface area contributed by atoms with Crippen molar-refractivity contribution in [3.63, 3.8) is 0 Å². The second-order valence-electron chi connectivity index (χ2n) is 0.719. The zero-order chi connectivity index (χ0) is 5.91. The first-order chi connectivity index (χ1) is 3.06. The summed E-state index contributed by atoms with van der Waals surface area (Å²) in [7, 11) is 0. The molecule has 5 heteroatoms. The highest BCUT2D eigenvalue weighted by Gasteiger charge is 2.26. The quantitative estimate of drug-likeness (QED) is 0.439. The molecule has 0 spiro atoms. The minimum Gasteiger partial charge on any atom is -0.168 e. The third-order valence-electron chi connectivity index (χ3n) is 0.228. The molecule has 0 aliphatic carbocycles. The second-order valence-corrected chi connectivity index (χ2v) is 2.50. The summed E-state index contributed by atoms with van der Waals surface area (Å²) in [6.45, 7) is 0. The van der Waals surface area contributed by atoms with E-state index in [9.17, 15) is 13.2 Å². The molecule has 0 unspecified atom stereocenters. The predicted molar refractivity (Wildman–Crippen MR) is 27.5 cm³/mol. The van der Waals surface area contributed by atoms with Gasteiger partial charge in [-0.15, -0.1) is 0 Å². The third kappa shape index (κ3) is 6.49. The smallest absolute Gasteiger partial charge is 0.168 e. The highest BCUT2D eigenvalue weighted by molar-refractivity contribution is 8.09. The fraction of sp³-hybridized carbons (Fsp3) is 1.00. The highest BCUT2D eigenvalue weighted by atomic mass is 32.2. The van der Waals surface area contributed by atoms with Crippen molar-refractivity contribution in [2.24, 2.45) is 0 Å². The Balaban J connectivity index is 3.15. The Morgan fingerprint density at radius 2 is 1.86 bits per heavy atom. The van der Waals surface area contributed by atoms with Gasteiger partial charge in [0.15, 0.2) is 0 Å². The van der Waals surface area contributed by atoms with Gasteiger partial charge < -0.3 is 0 Å². The zero-order valence-electron chi connectivity index (χ0n) is 3.20. The van der Waals surface area contributed by atoms with Crippen LogP contribution in [0.15, 0.2) is 0 Å². The van der Waals surface area contributed by atoms with Gasteiger partial charge in [-0.1, -0.05) is 0 Å². The molecule has 0 aliphatic rings. The molecule has 0 aromatic heterocycles. The minimum absolute atomic E-state index is 0.147. The monoisotopic (exact) mass is 148 g/mol. The molecule has 0 saturated heterocycles. The standard InChI is InChI=1S/C2H3F3S2/c3-2(4,5)7-1-6/h6H,1H2. The van der Waals surface area contributed by atoms with Gasteiger partial charge in [-0.2, -0.15) is 25.8 Å². The molecule has 0 aromatic carbocycles. The van der Waals surface area contributed by atoms with Crippen LogP contribution in [0.3, 0.4) is 0 Å². The summed E-state index contributed by atoms with van der Waals surface area (Å²) in [6, 6.07) is 0. The van der Waals surface area contributed by atoms with Crippen LogP contribution in [-0.4, -0.2) is 10.6 Å². The SMILES string of the molecule is FC(F)(F)SCS. The van der Waals surface area contributed by atoms with Gasteiger partial charge in [-0.25, -0.2) is 0 Å². The third-order valence-corrected chi connectivity index (χ3v) is 1.07. The Kier molecular flexibility index (Phi) is 2.90. The first kappa shape index (κ1) is 7.49. The fourth-order valence-electron chi connectivity index (χ4n) is 0.0732.